The molecule has 1 aliphatic heterocycles. The molecule has 0 unspecified atom stereocenters. The maximum Gasteiger partial charge on any atom is 0.271 e. The van der Waals surface area contributed by atoms with Crippen molar-refractivity contribution in [2.45, 2.75) is 12.1 Å². The van der Waals surface area contributed by atoms with Gasteiger partial charge in [0.1, 0.15) is 17.5 Å². The first-order chi connectivity index (χ1) is 17.5. The van der Waals surface area contributed by atoms with Crippen molar-refractivity contribution in [2.75, 3.05) is 19.1 Å². The minimum atomic E-state index is -0.400. The largest absolute Gasteiger partial charge is 0.497 e. The molecule has 3 heterocycles. The van der Waals surface area contributed by atoms with Gasteiger partial charge in [-0.2, -0.15) is 0 Å². The van der Waals surface area contributed by atoms with Crippen LogP contribution in [0.4, 0.5) is 11.4 Å². The summed E-state index contributed by atoms with van der Waals surface area (Å²) in [6.45, 7) is 0. The number of thiocarbonyl (C=S) groups is 1. The Balaban J connectivity index is 1.70. The van der Waals surface area contributed by atoms with E-state index in [1.54, 1.807) is 32.5 Å². The summed E-state index contributed by atoms with van der Waals surface area (Å²) in [7, 11) is 3.21. The van der Waals surface area contributed by atoms with Crippen molar-refractivity contribution in [3.8, 4) is 17.2 Å². The van der Waals surface area contributed by atoms with Gasteiger partial charge < -0.3 is 24.3 Å². The van der Waals surface area contributed by atoms with Crippen LogP contribution in [0.25, 0.3) is 5.69 Å². The first-order valence-electron chi connectivity index (χ1n) is 11.2. The van der Waals surface area contributed by atoms with Gasteiger partial charge in [-0.05, 0) is 54.7 Å². The lowest BCUT2D eigenvalue weighted by Crippen LogP contribution is -2.30. The number of ether oxygens (including phenoxy) is 2. The van der Waals surface area contributed by atoms with Gasteiger partial charge in [0.2, 0.25) is 0 Å². The van der Waals surface area contributed by atoms with Crippen molar-refractivity contribution < 1.29 is 14.4 Å². The maximum atomic E-state index is 11.4. The third-order valence-corrected chi connectivity index (χ3v) is 6.46. The first kappa shape index (κ1) is 23.3. The molecule has 1 N–H and O–H groups in total. The monoisotopic (exact) mass is 501 g/mol. The molecule has 1 aliphatic rings. The Morgan fingerprint density at radius 3 is 2.61 bits per heavy atom. The van der Waals surface area contributed by atoms with Gasteiger partial charge in [0.05, 0.1) is 42.3 Å². The number of nitrogens with zero attached hydrogens (tertiary/aromatic N) is 4. The van der Waals surface area contributed by atoms with Gasteiger partial charge in [0, 0.05) is 36.3 Å². The number of rotatable bonds is 7. The quantitative estimate of drug-likeness (QED) is 0.215. The number of non-ortho nitro benzene ring substituents is 1. The number of aromatic nitrogens is 2. The number of nitrogens with one attached hydrogen (secondary N) is 1. The average Bonchev–Trinajstić information content (AvgIpc) is 3.53. The van der Waals surface area contributed by atoms with Crippen molar-refractivity contribution in [3.63, 3.8) is 0 Å². The molecule has 4 aromatic rings. The number of hydrogen-bond acceptors (Lipinski definition) is 6. The standard InChI is InChI=1S/C26H23N5O4S/c1-34-19-11-12-23(35-2)22(16-19)30-25(24(28-26(30)36)20-9-3-4-13-27-20)21-10-6-14-29(21)17-7-5-8-18(15-17)31(32)33/h3-16,24-25H,1-2H3,(H,28,36)/t24-,25-/m0/s1. The van der Waals surface area contributed by atoms with Crippen LogP contribution in [0.1, 0.15) is 23.5 Å². The third-order valence-electron chi connectivity index (χ3n) is 6.15. The molecule has 0 radical (unpaired) electrons. The summed E-state index contributed by atoms with van der Waals surface area (Å²) in [6.07, 6.45) is 3.62. The molecule has 2 atom stereocenters. The zero-order chi connectivity index (χ0) is 25.2. The summed E-state index contributed by atoms with van der Waals surface area (Å²) in [4.78, 5) is 17.6. The number of pyridine rings is 1. The zero-order valence-electron chi connectivity index (χ0n) is 19.6. The SMILES string of the molecule is COc1ccc(OC)c(N2C(=S)N[C@@H](c3ccccn3)[C@@H]2c2cccn2-c2cccc([N+](=O)[O-])c2)c1. The second-order valence-electron chi connectivity index (χ2n) is 8.11. The van der Waals surface area contributed by atoms with E-state index in [0.29, 0.717) is 22.3 Å². The fourth-order valence-electron chi connectivity index (χ4n) is 4.53. The number of methoxy groups -OCH3 is 2. The molecule has 0 amide bonds. The molecule has 2 aromatic carbocycles. The van der Waals surface area contributed by atoms with Crippen LogP contribution in [-0.2, 0) is 0 Å². The Hall–Kier alpha value is -4.44. The molecule has 36 heavy (non-hydrogen) atoms. The van der Waals surface area contributed by atoms with E-state index in [0.717, 1.165) is 17.1 Å². The topological polar surface area (TPSA) is 94.7 Å². The van der Waals surface area contributed by atoms with E-state index < -0.39 is 4.92 Å². The van der Waals surface area contributed by atoms with E-state index in [9.17, 15) is 10.1 Å². The highest BCUT2D eigenvalue weighted by Gasteiger charge is 2.43. The molecular weight excluding hydrogens is 478 g/mol. The van der Waals surface area contributed by atoms with Crippen LogP contribution >= 0.6 is 12.2 Å². The third kappa shape index (κ3) is 4.11. The Morgan fingerprint density at radius 1 is 1.03 bits per heavy atom. The summed E-state index contributed by atoms with van der Waals surface area (Å²) >= 11 is 5.84. The van der Waals surface area contributed by atoms with Crippen LogP contribution in [-0.4, -0.2) is 33.8 Å². The molecule has 9 nitrogen and oxygen atoms in total. The van der Waals surface area contributed by atoms with Crippen LogP contribution in [0.5, 0.6) is 11.5 Å². The highest BCUT2D eigenvalue weighted by molar-refractivity contribution is 7.80. The number of nitro groups is 1. The molecule has 0 spiro atoms. The fraction of sp³-hybridized carbons (Fsp3) is 0.154. The van der Waals surface area contributed by atoms with E-state index >= 15 is 0 Å². The first-order valence-corrected chi connectivity index (χ1v) is 11.6. The van der Waals surface area contributed by atoms with Gasteiger partial charge in [-0.3, -0.25) is 15.1 Å². The van der Waals surface area contributed by atoms with E-state index in [1.807, 2.05) is 70.3 Å². The van der Waals surface area contributed by atoms with E-state index in [-0.39, 0.29) is 17.8 Å². The minimum Gasteiger partial charge on any atom is -0.497 e. The Bertz CT molecular complexity index is 1420. The summed E-state index contributed by atoms with van der Waals surface area (Å²) in [5.74, 6) is 1.28. The van der Waals surface area contributed by atoms with Crippen molar-refractivity contribution in [1.82, 2.24) is 14.9 Å². The molecule has 182 valence electrons. The van der Waals surface area contributed by atoms with Crippen LogP contribution in [0.2, 0.25) is 0 Å². The zero-order valence-corrected chi connectivity index (χ0v) is 20.4. The van der Waals surface area contributed by atoms with Gasteiger partial charge >= 0.3 is 0 Å². The van der Waals surface area contributed by atoms with Gasteiger partial charge in [-0.15, -0.1) is 0 Å². The van der Waals surface area contributed by atoms with Crippen molar-refractivity contribution >= 4 is 28.7 Å². The molecule has 0 aliphatic carbocycles. The predicted octanol–water partition coefficient (Wildman–Crippen LogP) is 4.97. The van der Waals surface area contributed by atoms with E-state index in [2.05, 4.69) is 10.3 Å². The molecule has 1 fully saturated rings. The second-order valence-corrected chi connectivity index (χ2v) is 8.50. The number of benzene rings is 2. The van der Waals surface area contributed by atoms with Gasteiger partial charge in [0.25, 0.3) is 5.69 Å². The summed E-state index contributed by atoms with van der Waals surface area (Å²) in [5, 5.41) is 15.4. The number of hydrogen-bond donors (Lipinski definition) is 1. The van der Waals surface area contributed by atoms with E-state index in [4.69, 9.17) is 21.7 Å². The van der Waals surface area contributed by atoms with Crippen LogP contribution < -0.4 is 19.7 Å². The summed E-state index contributed by atoms with van der Waals surface area (Å²) < 4.78 is 13.1. The molecule has 5 rings (SSSR count). The Kier molecular flexibility index (Phi) is 6.26. The van der Waals surface area contributed by atoms with Crippen molar-refractivity contribution in [1.29, 1.82) is 0 Å². The summed E-state index contributed by atoms with van der Waals surface area (Å²) in [5.41, 5.74) is 3.08. The van der Waals surface area contributed by atoms with Gasteiger partial charge in [-0.25, -0.2) is 0 Å². The van der Waals surface area contributed by atoms with Crippen molar-refractivity contribution in [3.05, 3.63) is 107 Å². The lowest BCUT2D eigenvalue weighted by atomic mass is 10.0. The smallest absolute Gasteiger partial charge is 0.271 e. The highest BCUT2D eigenvalue weighted by atomic mass is 32.1. The normalized spacial score (nSPS) is 17.1. The van der Waals surface area contributed by atoms with E-state index in [1.165, 1.54) is 6.07 Å². The molecule has 1 saturated heterocycles. The lowest BCUT2D eigenvalue weighted by Gasteiger charge is -2.30. The Labute approximate surface area is 213 Å². The molecule has 10 heteroatoms. The van der Waals surface area contributed by atoms with Crippen molar-refractivity contribution in [2.24, 2.45) is 0 Å². The second kappa shape index (κ2) is 9.67. The average molecular weight is 502 g/mol. The lowest BCUT2D eigenvalue weighted by molar-refractivity contribution is -0.384. The highest BCUT2D eigenvalue weighted by Crippen LogP contribution is 2.46. The van der Waals surface area contributed by atoms with Crippen LogP contribution in [0, 0.1) is 10.1 Å². The van der Waals surface area contributed by atoms with Crippen LogP contribution in [0.3, 0.4) is 0 Å². The fourth-order valence-corrected chi connectivity index (χ4v) is 4.87. The number of anilines is 1. The van der Waals surface area contributed by atoms with Crippen LogP contribution in [0.15, 0.2) is 85.2 Å². The molecule has 0 bridgehead atoms. The Morgan fingerprint density at radius 2 is 1.89 bits per heavy atom. The molecular formula is C26H23N5O4S. The molecule has 2 aromatic heterocycles. The maximum absolute atomic E-state index is 11.4. The summed E-state index contributed by atoms with van der Waals surface area (Å²) in [6, 6.07) is 21.0. The number of nitro benzene ring substituents is 1. The minimum absolute atomic E-state index is 0.0137. The van der Waals surface area contributed by atoms with Gasteiger partial charge in [0.15, 0.2) is 5.11 Å². The van der Waals surface area contributed by atoms with Gasteiger partial charge in [-0.1, -0.05) is 12.1 Å². The molecule has 0 saturated carbocycles. The predicted molar refractivity (Wildman–Crippen MR) is 140 cm³/mol.